The molecule has 0 radical (unpaired) electrons. The van der Waals surface area contributed by atoms with Gasteiger partial charge in [-0.05, 0) is 47.5 Å². The van der Waals surface area contributed by atoms with Gasteiger partial charge in [-0.15, -0.1) is 11.3 Å². The third-order valence-corrected chi connectivity index (χ3v) is 4.19. The Morgan fingerprint density at radius 1 is 1.38 bits per heavy atom. The van der Waals surface area contributed by atoms with Gasteiger partial charge < -0.3 is 15.2 Å². The van der Waals surface area contributed by atoms with Crippen molar-refractivity contribution in [2.75, 3.05) is 12.4 Å². The van der Waals surface area contributed by atoms with Crippen molar-refractivity contribution < 1.29 is 14.6 Å². The first-order chi connectivity index (χ1) is 9.93. The molecule has 0 aliphatic heterocycles. The molecule has 0 unspecified atom stereocenters. The van der Waals surface area contributed by atoms with Crippen LogP contribution in [0, 0.1) is 6.92 Å². The number of nitrogens with one attached hydrogen (secondary N) is 1. The van der Waals surface area contributed by atoms with Gasteiger partial charge in [-0.25, -0.2) is 0 Å². The Morgan fingerprint density at radius 2 is 2.10 bits per heavy atom. The lowest BCUT2D eigenvalue weighted by Crippen LogP contribution is -2.12. The highest BCUT2D eigenvalue weighted by Gasteiger charge is 2.16. The number of rotatable bonds is 4. The van der Waals surface area contributed by atoms with Gasteiger partial charge in [0.25, 0.3) is 5.91 Å². The van der Waals surface area contributed by atoms with E-state index < -0.39 is 0 Å². The van der Waals surface area contributed by atoms with Gasteiger partial charge in [0.1, 0.15) is 16.4 Å². The molecule has 0 fully saturated rings. The molecule has 1 amide bonds. The third kappa shape index (κ3) is 3.19. The van der Waals surface area contributed by atoms with E-state index in [0.717, 1.165) is 11.1 Å². The number of thiophene rings is 1. The maximum Gasteiger partial charge on any atom is 0.269 e. The number of benzene rings is 1. The second-order valence-electron chi connectivity index (χ2n) is 5.15. The Balaban J connectivity index is 2.31. The molecule has 0 spiro atoms. The van der Waals surface area contributed by atoms with Gasteiger partial charge in [0.15, 0.2) is 0 Å². The summed E-state index contributed by atoms with van der Waals surface area (Å²) in [7, 11) is 1.54. The highest BCUT2D eigenvalue weighted by molar-refractivity contribution is 7.12. The number of carbonyl (C=O) groups is 1. The minimum absolute atomic E-state index is 0.178. The highest BCUT2D eigenvalue weighted by Crippen LogP contribution is 2.32. The number of methoxy groups -OCH3 is 1. The summed E-state index contributed by atoms with van der Waals surface area (Å²) in [5.74, 6) is 0.801. The van der Waals surface area contributed by atoms with Crippen LogP contribution in [-0.4, -0.2) is 18.1 Å². The second-order valence-corrected chi connectivity index (χ2v) is 6.07. The predicted octanol–water partition coefficient (Wildman–Crippen LogP) is 4.15. The lowest BCUT2D eigenvalue weighted by Gasteiger charge is -2.14. The summed E-state index contributed by atoms with van der Waals surface area (Å²) in [5.41, 5.74) is 2.34. The minimum Gasteiger partial charge on any atom is -0.508 e. The minimum atomic E-state index is -0.203. The van der Waals surface area contributed by atoms with Crippen molar-refractivity contribution in [2.24, 2.45) is 0 Å². The summed E-state index contributed by atoms with van der Waals surface area (Å²) >= 11 is 1.33. The van der Waals surface area contributed by atoms with Gasteiger partial charge in [0, 0.05) is 5.69 Å². The zero-order valence-electron chi connectivity index (χ0n) is 12.6. The van der Waals surface area contributed by atoms with Crippen LogP contribution >= 0.6 is 11.3 Å². The number of hydrogen-bond donors (Lipinski definition) is 2. The van der Waals surface area contributed by atoms with E-state index in [4.69, 9.17) is 4.74 Å². The normalized spacial score (nSPS) is 10.7. The Bertz CT molecular complexity index is 662. The zero-order chi connectivity index (χ0) is 15.6. The van der Waals surface area contributed by atoms with Crippen LogP contribution in [0.1, 0.15) is 40.6 Å². The fourth-order valence-electron chi connectivity index (χ4n) is 2.11. The van der Waals surface area contributed by atoms with E-state index in [-0.39, 0.29) is 17.6 Å². The SMILES string of the molecule is COc1ccsc1C(=O)Nc1cc(C(C)C)c(O)cc1C. The van der Waals surface area contributed by atoms with Crippen LogP contribution < -0.4 is 10.1 Å². The van der Waals surface area contributed by atoms with Crippen molar-refractivity contribution in [1.82, 2.24) is 0 Å². The summed E-state index contributed by atoms with van der Waals surface area (Å²) in [5, 5.41) is 14.7. The third-order valence-electron chi connectivity index (χ3n) is 3.30. The van der Waals surface area contributed by atoms with Gasteiger partial charge in [-0.3, -0.25) is 4.79 Å². The van der Waals surface area contributed by atoms with Crippen molar-refractivity contribution in [2.45, 2.75) is 26.7 Å². The quantitative estimate of drug-likeness (QED) is 0.834. The highest BCUT2D eigenvalue weighted by atomic mass is 32.1. The molecule has 1 aromatic carbocycles. The largest absolute Gasteiger partial charge is 0.508 e. The number of phenols is 1. The van der Waals surface area contributed by atoms with E-state index in [1.54, 1.807) is 19.2 Å². The molecule has 0 atom stereocenters. The molecule has 0 saturated heterocycles. The van der Waals surface area contributed by atoms with E-state index in [1.165, 1.54) is 11.3 Å². The van der Waals surface area contributed by atoms with Gasteiger partial charge in [-0.2, -0.15) is 0 Å². The smallest absolute Gasteiger partial charge is 0.269 e. The molecule has 0 aliphatic rings. The predicted molar refractivity (Wildman–Crippen MR) is 85.8 cm³/mol. The molecule has 2 N–H and O–H groups in total. The number of anilines is 1. The average Bonchev–Trinajstić information content (AvgIpc) is 2.89. The molecule has 112 valence electrons. The maximum atomic E-state index is 12.3. The first-order valence-corrected chi connectivity index (χ1v) is 7.58. The van der Waals surface area contributed by atoms with Crippen LogP contribution in [0.2, 0.25) is 0 Å². The monoisotopic (exact) mass is 305 g/mol. The van der Waals surface area contributed by atoms with Gasteiger partial charge in [0.05, 0.1) is 7.11 Å². The molecule has 21 heavy (non-hydrogen) atoms. The van der Waals surface area contributed by atoms with Crippen molar-refractivity contribution in [3.05, 3.63) is 39.6 Å². The van der Waals surface area contributed by atoms with Crippen molar-refractivity contribution in [3.63, 3.8) is 0 Å². The first kappa shape index (κ1) is 15.4. The van der Waals surface area contributed by atoms with Crippen LogP contribution in [0.3, 0.4) is 0 Å². The molecule has 2 rings (SSSR count). The number of amides is 1. The molecular weight excluding hydrogens is 286 g/mol. The van der Waals surface area contributed by atoms with Crippen LogP contribution in [-0.2, 0) is 0 Å². The van der Waals surface area contributed by atoms with E-state index in [9.17, 15) is 9.90 Å². The first-order valence-electron chi connectivity index (χ1n) is 6.70. The Kier molecular flexibility index (Phi) is 4.53. The molecular formula is C16H19NO3S. The van der Waals surface area contributed by atoms with Gasteiger partial charge in [-0.1, -0.05) is 13.8 Å². The van der Waals surface area contributed by atoms with E-state index >= 15 is 0 Å². The standard InChI is InChI=1S/C16H19NO3S/c1-9(2)11-8-12(10(3)7-13(11)18)17-16(19)15-14(20-4)5-6-21-15/h5-9,18H,1-4H3,(H,17,19). The fourth-order valence-corrected chi connectivity index (χ4v) is 2.86. The number of carbonyl (C=O) groups excluding carboxylic acids is 1. The molecule has 0 aliphatic carbocycles. The maximum absolute atomic E-state index is 12.3. The topological polar surface area (TPSA) is 58.6 Å². The van der Waals surface area contributed by atoms with Crippen LogP contribution in [0.4, 0.5) is 5.69 Å². The zero-order valence-corrected chi connectivity index (χ0v) is 13.4. The van der Waals surface area contributed by atoms with Crippen LogP contribution in [0.25, 0.3) is 0 Å². The van der Waals surface area contributed by atoms with E-state index in [1.807, 2.05) is 32.2 Å². The number of aryl methyl sites for hydroxylation is 1. The molecule has 4 nitrogen and oxygen atoms in total. The summed E-state index contributed by atoms with van der Waals surface area (Å²) in [6, 6.07) is 5.27. The van der Waals surface area contributed by atoms with E-state index in [0.29, 0.717) is 16.3 Å². The summed E-state index contributed by atoms with van der Waals surface area (Å²) in [6.45, 7) is 5.85. The van der Waals surface area contributed by atoms with Gasteiger partial charge in [0.2, 0.25) is 0 Å². The van der Waals surface area contributed by atoms with E-state index in [2.05, 4.69) is 5.32 Å². The second kappa shape index (κ2) is 6.18. The number of phenolic OH excluding ortho intramolecular Hbond substituents is 1. The summed E-state index contributed by atoms with van der Waals surface area (Å²) < 4.78 is 5.17. The van der Waals surface area contributed by atoms with Crippen LogP contribution in [0.5, 0.6) is 11.5 Å². The van der Waals surface area contributed by atoms with Crippen molar-refractivity contribution in [1.29, 1.82) is 0 Å². The van der Waals surface area contributed by atoms with Gasteiger partial charge >= 0.3 is 0 Å². The number of hydrogen-bond acceptors (Lipinski definition) is 4. The van der Waals surface area contributed by atoms with Crippen molar-refractivity contribution >= 4 is 22.9 Å². The molecule has 0 bridgehead atoms. The lowest BCUT2D eigenvalue weighted by molar-refractivity contribution is 0.102. The fraction of sp³-hybridized carbons (Fsp3) is 0.312. The Hall–Kier alpha value is -2.01. The summed E-state index contributed by atoms with van der Waals surface area (Å²) in [6.07, 6.45) is 0. The molecule has 2 aromatic rings. The lowest BCUT2D eigenvalue weighted by atomic mass is 9.99. The Labute approximate surface area is 128 Å². The molecule has 0 saturated carbocycles. The number of aromatic hydroxyl groups is 1. The summed E-state index contributed by atoms with van der Waals surface area (Å²) in [4.78, 5) is 12.9. The molecule has 1 aromatic heterocycles. The molecule has 1 heterocycles. The number of ether oxygens (including phenoxy) is 1. The Morgan fingerprint density at radius 3 is 2.71 bits per heavy atom. The average molecular weight is 305 g/mol. The molecule has 5 heteroatoms. The van der Waals surface area contributed by atoms with Crippen LogP contribution in [0.15, 0.2) is 23.6 Å². The van der Waals surface area contributed by atoms with Crippen molar-refractivity contribution in [3.8, 4) is 11.5 Å².